The Morgan fingerprint density at radius 2 is 2.00 bits per heavy atom. The maximum Gasteiger partial charge on any atom is 0.336 e. The van der Waals surface area contributed by atoms with Gasteiger partial charge in [-0.15, -0.1) is 0 Å². The van der Waals surface area contributed by atoms with Crippen molar-refractivity contribution in [1.82, 2.24) is 0 Å². The predicted octanol–water partition coefficient (Wildman–Crippen LogP) is 0.790. The van der Waals surface area contributed by atoms with E-state index in [1.165, 1.54) is 0 Å². The van der Waals surface area contributed by atoms with Gasteiger partial charge in [0.15, 0.2) is 0 Å². The highest BCUT2D eigenvalue weighted by Crippen LogP contribution is 2.58. The molecule has 0 aromatic rings. The van der Waals surface area contributed by atoms with E-state index in [4.69, 9.17) is 4.74 Å². The van der Waals surface area contributed by atoms with Gasteiger partial charge >= 0.3 is 5.97 Å². The third-order valence-corrected chi connectivity index (χ3v) is 5.00. The molecule has 5 heteroatoms. The fourth-order valence-corrected chi connectivity index (χ4v) is 4.34. The van der Waals surface area contributed by atoms with Gasteiger partial charge in [-0.3, -0.25) is 0 Å². The number of fused-ring (bicyclic) bond motifs is 3. The summed E-state index contributed by atoms with van der Waals surface area (Å²) < 4.78 is 5.04. The molecule has 3 aliphatic rings. The van der Waals surface area contributed by atoms with Crippen LogP contribution in [0.5, 0.6) is 0 Å². The highest BCUT2D eigenvalue weighted by molar-refractivity contribution is 5.93. The van der Waals surface area contributed by atoms with Crippen LogP contribution in [0.4, 0.5) is 0 Å². The Morgan fingerprint density at radius 3 is 2.65 bits per heavy atom. The molecule has 0 amide bonds. The zero-order chi connectivity index (χ0) is 14.9. The Labute approximate surface area is 117 Å². The van der Waals surface area contributed by atoms with Crippen LogP contribution in [0.2, 0.25) is 0 Å². The van der Waals surface area contributed by atoms with E-state index in [9.17, 15) is 20.1 Å². The first-order chi connectivity index (χ1) is 9.10. The van der Waals surface area contributed by atoms with Gasteiger partial charge in [-0.2, -0.15) is 0 Å². The lowest BCUT2D eigenvalue weighted by molar-refractivity contribution is -0.248. The molecule has 1 aliphatic heterocycles. The van der Waals surface area contributed by atoms with Crippen LogP contribution in [0.1, 0.15) is 39.5 Å². The number of esters is 1. The van der Waals surface area contributed by atoms with Gasteiger partial charge in [-0.1, -0.05) is 12.2 Å². The number of rotatable bonds is 0. The third-order valence-electron chi connectivity index (χ3n) is 5.00. The van der Waals surface area contributed by atoms with Crippen LogP contribution in [0, 0.1) is 5.92 Å². The lowest BCUT2D eigenvalue weighted by Gasteiger charge is -2.55. The fourth-order valence-electron chi connectivity index (χ4n) is 4.34. The first-order valence-electron chi connectivity index (χ1n) is 6.89. The maximum atomic E-state index is 11.8. The van der Waals surface area contributed by atoms with E-state index < -0.39 is 28.9 Å². The van der Waals surface area contributed by atoms with Crippen LogP contribution in [0.15, 0.2) is 23.3 Å². The van der Waals surface area contributed by atoms with E-state index in [1.54, 1.807) is 13.8 Å². The van der Waals surface area contributed by atoms with Crippen molar-refractivity contribution in [3.63, 3.8) is 0 Å². The highest BCUT2D eigenvalue weighted by atomic mass is 16.7. The third kappa shape index (κ3) is 1.57. The van der Waals surface area contributed by atoms with Crippen LogP contribution in [-0.2, 0) is 9.53 Å². The van der Waals surface area contributed by atoms with Crippen molar-refractivity contribution in [2.75, 3.05) is 0 Å². The Kier molecular flexibility index (Phi) is 2.57. The van der Waals surface area contributed by atoms with Crippen LogP contribution in [-0.4, -0.2) is 38.3 Å². The molecule has 0 bridgehead atoms. The molecule has 2 saturated carbocycles. The smallest absolute Gasteiger partial charge is 0.336 e. The minimum atomic E-state index is -1.91. The lowest BCUT2D eigenvalue weighted by Crippen LogP contribution is -2.64. The van der Waals surface area contributed by atoms with Gasteiger partial charge in [0.1, 0.15) is 5.60 Å². The van der Waals surface area contributed by atoms with Crippen LogP contribution in [0.3, 0.4) is 0 Å². The second kappa shape index (κ2) is 3.72. The monoisotopic (exact) mass is 280 g/mol. The molecule has 0 aromatic heterocycles. The first-order valence-corrected chi connectivity index (χ1v) is 6.89. The molecule has 0 saturated heterocycles. The topological polar surface area (TPSA) is 87.0 Å². The molecule has 20 heavy (non-hydrogen) atoms. The second-order valence-electron chi connectivity index (χ2n) is 6.65. The van der Waals surface area contributed by atoms with Crippen LogP contribution >= 0.6 is 0 Å². The largest absolute Gasteiger partial charge is 0.426 e. The van der Waals surface area contributed by atoms with Gasteiger partial charge in [0.25, 0.3) is 0 Å². The van der Waals surface area contributed by atoms with Gasteiger partial charge in [-0.25, -0.2) is 4.79 Å². The van der Waals surface area contributed by atoms with Gasteiger partial charge < -0.3 is 20.1 Å². The molecular formula is C15H20O5. The second-order valence-corrected chi connectivity index (χ2v) is 6.65. The first kappa shape index (κ1) is 13.8. The van der Waals surface area contributed by atoms with Crippen molar-refractivity contribution in [2.45, 2.75) is 56.5 Å². The Bertz CT molecular complexity index is 546. The number of carbonyl (C=O) groups excluding carboxylic acids is 1. The molecule has 0 radical (unpaired) electrons. The molecule has 0 spiro atoms. The summed E-state index contributed by atoms with van der Waals surface area (Å²) in [5.74, 6) is -2.99. The van der Waals surface area contributed by atoms with Crippen molar-refractivity contribution in [3.8, 4) is 0 Å². The van der Waals surface area contributed by atoms with Crippen molar-refractivity contribution in [1.29, 1.82) is 0 Å². The zero-order valence-electron chi connectivity index (χ0n) is 11.8. The summed E-state index contributed by atoms with van der Waals surface area (Å²) in [6.07, 6.45) is 1.42. The summed E-state index contributed by atoms with van der Waals surface area (Å²) >= 11 is 0. The van der Waals surface area contributed by atoms with Crippen LogP contribution < -0.4 is 0 Å². The number of aliphatic hydroxyl groups is 3. The molecule has 0 aromatic carbocycles. The number of hydrogen-bond acceptors (Lipinski definition) is 5. The summed E-state index contributed by atoms with van der Waals surface area (Å²) in [6.45, 7) is 7.03. The summed E-state index contributed by atoms with van der Waals surface area (Å²) in [7, 11) is 0. The Morgan fingerprint density at radius 1 is 1.35 bits per heavy atom. The molecule has 4 atom stereocenters. The van der Waals surface area contributed by atoms with Crippen molar-refractivity contribution in [2.24, 2.45) is 5.92 Å². The highest BCUT2D eigenvalue weighted by Gasteiger charge is 2.66. The van der Waals surface area contributed by atoms with E-state index in [0.29, 0.717) is 6.42 Å². The van der Waals surface area contributed by atoms with Gasteiger partial charge in [-0.05, 0) is 26.7 Å². The van der Waals surface area contributed by atoms with E-state index in [2.05, 4.69) is 6.58 Å². The number of ether oxygens (including phenoxy) is 1. The molecule has 2 fully saturated rings. The van der Waals surface area contributed by atoms with Crippen molar-refractivity contribution in [3.05, 3.63) is 23.3 Å². The average molecular weight is 280 g/mol. The normalized spacial score (nSPS) is 48.0. The van der Waals surface area contributed by atoms with Crippen molar-refractivity contribution < 1.29 is 24.9 Å². The SMILES string of the molecule is C=C1CC[C@@H]2[C@](C)(O)C[C@@]3(O)OC(=O)C(C)=C3[C@@]2(O)C1. The molecule has 2 aliphatic carbocycles. The van der Waals surface area contributed by atoms with Gasteiger partial charge in [0.2, 0.25) is 5.79 Å². The summed E-state index contributed by atoms with van der Waals surface area (Å²) in [5.41, 5.74) is -1.47. The summed E-state index contributed by atoms with van der Waals surface area (Å²) in [4.78, 5) is 11.8. The molecule has 0 unspecified atom stereocenters. The number of carbonyl (C=O) groups is 1. The summed E-state index contributed by atoms with van der Waals surface area (Å²) in [6, 6.07) is 0. The molecule has 1 heterocycles. The lowest BCUT2D eigenvalue weighted by atomic mass is 9.56. The standard InChI is InChI=1S/C15H20O5/c1-8-4-5-10-13(3,17)7-15(19)11(14(10,18)6-8)9(2)12(16)20-15/h10,17-19H,1,4-7H2,2-3H3/t10-,13-,14-,15-/m1/s1. The molecule has 5 nitrogen and oxygen atoms in total. The summed E-state index contributed by atoms with van der Waals surface area (Å²) in [5, 5.41) is 32.4. The maximum absolute atomic E-state index is 11.8. The molecule has 3 N–H and O–H groups in total. The Balaban J connectivity index is 2.21. The Hall–Kier alpha value is -1.17. The zero-order valence-corrected chi connectivity index (χ0v) is 11.8. The number of hydrogen-bond donors (Lipinski definition) is 3. The van der Waals surface area contributed by atoms with E-state index in [0.717, 1.165) is 12.0 Å². The minimum absolute atomic E-state index is 0.113. The van der Waals surface area contributed by atoms with Gasteiger partial charge in [0, 0.05) is 29.9 Å². The van der Waals surface area contributed by atoms with E-state index >= 15 is 0 Å². The van der Waals surface area contributed by atoms with Crippen LogP contribution in [0.25, 0.3) is 0 Å². The minimum Gasteiger partial charge on any atom is -0.426 e. The van der Waals surface area contributed by atoms with Crippen molar-refractivity contribution >= 4 is 5.97 Å². The molecule has 3 rings (SSSR count). The molecular weight excluding hydrogens is 260 g/mol. The van der Waals surface area contributed by atoms with E-state index in [-0.39, 0.29) is 24.0 Å². The predicted molar refractivity (Wildman–Crippen MR) is 70.4 cm³/mol. The fraction of sp³-hybridized carbons (Fsp3) is 0.667. The average Bonchev–Trinajstić information content (AvgIpc) is 2.46. The quantitative estimate of drug-likeness (QED) is 0.451. The van der Waals surface area contributed by atoms with Gasteiger partial charge in [0.05, 0.1) is 5.60 Å². The molecule has 110 valence electrons. The van der Waals surface area contributed by atoms with E-state index in [1.807, 2.05) is 0 Å².